The first-order valence-electron chi connectivity index (χ1n) is 5.56. The Hall–Kier alpha value is -1.95. The first-order chi connectivity index (χ1) is 8.67. The fourth-order valence-corrected chi connectivity index (χ4v) is 1.32. The van der Waals surface area contributed by atoms with E-state index in [4.69, 9.17) is 15.2 Å². The molecule has 0 aromatic heterocycles. The molecule has 6 heteroatoms. The fraction of sp³-hybridized carbons (Fsp3) is 0.417. The van der Waals surface area contributed by atoms with Crippen molar-refractivity contribution in [2.24, 2.45) is 10.7 Å². The van der Waals surface area contributed by atoms with Gasteiger partial charge in [0.1, 0.15) is 11.5 Å². The van der Waals surface area contributed by atoms with Gasteiger partial charge >= 0.3 is 0 Å². The summed E-state index contributed by atoms with van der Waals surface area (Å²) in [6.07, 6.45) is 0. The van der Waals surface area contributed by atoms with E-state index in [2.05, 4.69) is 10.3 Å². The van der Waals surface area contributed by atoms with Crippen molar-refractivity contribution >= 4 is 5.96 Å². The summed E-state index contributed by atoms with van der Waals surface area (Å²) >= 11 is 0. The van der Waals surface area contributed by atoms with E-state index >= 15 is 0 Å². The summed E-state index contributed by atoms with van der Waals surface area (Å²) in [7, 11) is 3.18. The molecule has 0 saturated carbocycles. The minimum absolute atomic E-state index is 0.171. The number of nitrogens with two attached hydrogens (primary N) is 1. The van der Waals surface area contributed by atoms with E-state index in [-0.39, 0.29) is 12.3 Å². The van der Waals surface area contributed by atoms with Crippen LogP contribution in [0.5, 0.6) is 11.5 Å². The second-order valence-electron chi connectivity index (χ2n) is 3.62. The van der Waals surface area contributed by atoms with Crippen LogP contribution in [0.15, 0.2) is 23.2 Å². The molecule has 0 aliphatic rings. The number of aromatic hydroxyl groups is 1. The van der Waals surface area contributed by atoms with Crippen LogP contribution in [0.1, 0.15) is 5.56 Å². The quantitative estimate of drug-likeness (QED) is 0.389. The number of nitrogens with one attached hydrogen (secondary N) is 1. The first-order valence-corrected chi connectivity index (χ1v) is 5.56. The van der Waals surface area contributed by atoms with Crippen molar-refractivity contribution in [2.45, 2.75) is 6.54 Å². The minimum Gasteiger partial charge on any atom is -0.508 e. The zero-order valence-corrected chi connectivity index (χ0v) is 10.6. The van der Waals surface area contributed by atoms with Gasteiger partial charge in [-0.15, -0.1) is 0 Å². The average Bonchev–Trinajstić information content (AvgIpc) is 2.38. The van der Waals surface area contributed by atoms with Gasteiger partial charge in [-0.2, -0.15) is 0 Å². The number of hydrogen-bond donors (Lipinski definition) is 3. The second-order valence-corrected chi connectivity index (χ2v) is 3.62. The largest absolute Gasteiger partial charge is 0.508 e. The Balaban J connectivity index is 2.58. The molecule has 0 radical (unpaired) electrons. The summed E-state index contributed by atoms with van der Waals surface area (Å²) in [5, 5.41) is 12.5. The molecule has 0 aliphatic heterocycles. The zero-order chi connectivity index (χ0) is 13.4. The molecule has 4 N–H and O–H groups in total. The smallest absolute Gasteiger partial charge is 0.189 e. The predicted molar refractivity (Wildman–Crippen MR) is 69.9 cm³/mol. The Morgan fingerprint density at radius 1 is 1.44 bits per heavy atom. The van der Waals surface area contributed by atoms with Crippen LogP contribution < -0.4 is 15.8 Å². The molecule has 0 bridgehead atoms. The molecule has 1 aromatic carbocycles. The highest BCUT2D eigenvalue weighted by atomic mass is 16.5. The number of nitrogens with zero attached hydrogens (tertiary/aromatic N) is 1. The molecule has 1 aromatic rings. The van der Waals surface area contributed by atoms with Gasteiger partial charge in [0.05, 0.1) is 20.3 Å². The highest BCUT2D eigenvalue weighted by Crippen LogP contribution is 2.23. The number of benzene rings is 1. The maximum Gasteiger partial charge on any atom is 0.189 e. The van der Waals surface area contributed by atoms with Crippen LogP contribution in [-0.2, 0) is 11.3 Å². The van der Waals surface area contributed by atoms with E-state index in [0.717, 1.165) is 0 Å². The number of methoxy groups -OCH3 is 2. The Morgan fingerprint density at radius 3 is 2.89 bits per heavy atom. The van der Waals surface area contributed by atoms with Crippen LogP contribution in [-0.4, -0.2) is 38.4 Å². The van der Waals surface area contributed by atoms with Crippen molar-refractivity contribution in [1.29, 1.82) is 0 Å². The Morgan fingerprint density at radius 2 is 2.22 bits per heavy atom. The highest BCUT2D eigenvalue weighted by Gasteiger charge is 2.02. The van der Waals surface area contributed by atoms with Gasteiger partial charge in [0.2, 0.25) is 0 Å². The number of aliphatic imine (C=N–C) groups is 1. The highest BCUT2D eigenvalue weighted by molar-refractivity contribution is 5.77. The normalized spacial score (nSPS) is 11.3. The summed E-state index contributed by atoms with van der Waals surface area (Å²) in [5.41, 5.74) is 6.31. The summed E-state index contributed by atoms with van der Waals surface area (Å²) in [4.78, 5) is 4.11. The molecule has 0 aliphatic carbocycles. The number of hydrogen-bond acceptors (Lipinski definition) is 4. The minimum atomic E-state index is 0.171. The lowest BCUT2D eigenvalue weighted by atomic mass is 10.2. The number of guanidine groups is 1. The first kappa shape index (κ1) is 14.1. The number of ether oxygens (including phenoxy) is 2. The van der Waals surface area contributed by atoms with Crippen molar-refractivity contribution in [3.63, 3.8) is 0 Å². The summed E-state index contributed by atoms with van der Waals surface area (Å²) in [6.45, 7) is 1.44. The van der Waals surface area contributed by atoms with Gasteiger partial charge in [-0.1, -0.05) is 0 Å². The summed E-state index contributed by atoms with van der Waals surface area (Å²) < 4.78 is 9.95. The van der Waals surface area contributed by atoms with Gasteiger partial charge in [0, 0.05) is 19.2 Å². The van der Waals surface area contributed by atoms with Crippen LogP contribution in [0.3, 0.4) is 0 Å². The van der Waals surface area contributed by atoms with Gasteiger partial charge in [-0.05, 0) is 18.2 Å². The van der Waals surface area contributed by atoms with E-state index in [1.54, 1.807) is 32.4 Å². The summed E-state index contributed by atoms with van der Waals surface area (Å²) in [6, 6.07) is 4.97. The molecule has 0 spiro atoms. The lowest BCUT2D eigenvalue weighted by Crippen LogP contribution is -2.34. The number of phenolic OH excluding ortho intramolecular Hbond substituents is 1. The second kappa shape index (κ2) is 7.39. The molecule has 0 heterocycles. The third-order valence-electron chi connectivity index (χ3n) is 2.32. The van der Waals surface area contributed by atoms with Crippen LogP contribution in [0.25, 0.3) is 0 Å². The molecule has 0 saturated heterocycles. The van der Waals surface area contributed by atoms with Crippen LogP contribution in [0.4, 0.5) is 0 Å². The standard InChI is InChI=1S/C12H19N3O3/c1-17-6-5-14-12(13)15-8-9-7-10(18-2)3-4-11(9)16/h3-4,7,16H,5-6,8H2,1-2H3,(H3,13,14,15). The molecular formula is C12H19N3O3. The molecule has 0 atom stereocenters. The molecule has 0 unspecified atom stereocenters. The molecule has 0 amide bonds. The van der Waals surface area contributed by atoms with Crippen molar-refractivity contribution in [1.82, 2.24) is 5.32 Å². The topological polar surface area (TPSA) is 89.1 Å². The van der Waals surface area contributed by atoms with E-state index in [9.17, 15) is 5.11 Å². The SMILES string of the molecule is COCCNC(N)=NCc1cc(OC)ccc1O. The molecule has 6 nitrogen and oxygen atoms in total. The van der Waals surface area contributed by atoms with Crippen LogP contribution >= 0.6 is 0 Å². The predicted octanol–water partition coefficient (Wildman–Crippen LogP) is 0.452. The van der Waals surface area contributed by atoms with E-state index < -0.39 is 0 Å². The van der Waals surface area contributed by atoms with E-state index in [0.29, 0.717) is 30.4 Å². The van der Waals surface area contributed by atoms with Crippen molar-refractivity contribution in [3.05, 3.63) is 23.8 Å². The van der Waals surface area contributed by atoms with Gasteiger partial charge in [-0.25, -0.2) is 4.99 Å². The Bertz CT molecular complexity index is 408. The van der Waals surface area contributed by atoms with E-state index in [1.165, 1.54) is 0 Å². The fourth-order valence-electron chi connectivity index (χ4n) is 1.32. The average molecular weight is 253 g/mol. The maximum absolute atomic E-state index is 9.65. The van der Waals surface area contributed by atoms with Gasteiger partial charge in [0.15, 0.2) is 5.96 Å². The summed E-state index contributed by atoms with van der Waals surface area (Å²) in [5.74, 6) is 1.16. The Kier molecular flexibility index (Phi) is 5.79. The Labute approximate surface area is 106 Å². The molecular weight excluding hydrogens is 234 g/mol. The van der Waals surface area contributed by atoms with Gasteiger partial charge in [0.25, 0.3) is 0 Å². The molecule has 0 fully saturated rings. The van der Waals surface area contributed by atoms with Crippen LogP contribution in [0.2, 0.25) is 0 Å². The van der Waals surface area contributed by atoms with Crippen molar-refractivity contribution in [3.8, 4) is 11.5 Å². The number of rotatable bonds is 6. The van der Waals surface area contributed by atoms with E-state index in [1.807, 2.05) is 0 Å². The molecule has 1 rings (SSSR count). The van der Waals surface area contributed by atoms with Gasteiger partial charge in [-0.3, -0.25) is 0 Å². The lowest BCUT2D eigenvalue weighted by Gasteiger charge is -2.07. The molecule has 100 valence electrons. The van der Waals surface area contributed by atoms with Crippen molar-refractivity contribution in [2.75, 3.05) is 27.4 Å². The van der Waals surface area contributed by atoms with Crippen LogP contribution in [0, 0.1) is 0 Å². The third-order valence-corrected chi connectivity index (χ3v) is 2.32. The third kappa shape index (κ3) is 4.50. The monoisotopic (exact) mass is 253 g/mol. The number of phenols is 1. The maximum atomic E-state index is 9.65. The molecule has 18 heavy (non-hydrogen) atoms. The lowest BCUT2D eigenvalue weighted by molar-refractivity contribution is 0.204. The van der Waals surface area contributed by atoms with Crippen molar-refractivity contribution < 1.29 is 14.6 Å². The van der Waals surface area contributed by atoms with Gasteiger partial charge < -0.3 is 25.6 Å². The zero-order valence-electron chi connectivity index (χ0n) is 10.6.